The lowest BCUT2D eigenvalue weighted by Crippen LogP contribution is -2.07. The van der Waals surface area contributed by atoms with Crippen LogP contribution in [0.15, 0.2) is 84.9 Å². The van der Waals surface area contributed by atoms with Gasteiger partial charge in [0.2, 0.25) is 0 Å². The van der Waals surface area contributed by atoms with E-state index in [9.17, 15) is 4.79 Å². The van der Waals surface area contributed by atoms with Gasteiger partial charge in [-0.3, -0.25) is 0 Å². The molecule has 0 unspecified atom stereocenters. The maximum absolute atomic E-state index is 12.3. The number of benzene rings is 3. The van der Waals surface area contributed by atoms with Gasteiger partial charge < -0.3 is 9.47 Å². The van der Waals surface area contributed by atoms with Crippen molar-refractivity contribution >= 4 is 17.6 Å². The molecule has 0 heterocycles. The van der Waals surface area contributed by atoms with Gasteiger partial charge >= 0.3 is 5.97 Å². The lowest BCUT2D eigenvalue weighted by atomic mass is 10.0. The van der Waals surface area contributed by atoms with Gasteiger partial charge in [-0.2, -0.15) is 0 Å². The fourth-order valence-electron chi connectivity index (χ4n) is 2.56. The highest BCUT2D eigenvalue weighted by Gasteiger charge is 2.10. The van der Waals surface area contributed by atoms with Crippen molar-refractivity contribution in [3.63, 3.8) is 0 Å². The maximum atomic E-state index is 12.3. The van der Waals surface area contributed by atoms with Crippen molar-refractivity contribution in [1.82, 2.24) is 0 Å². The Hall–Kier alpha value is -3.33. The standard InChI is InChI=1S/C23H20O3/c1-25-22-14-12-20(13-15-22)23(24)26-17-21(19-10-6-3-7-11-19)16-18-8-4-2-5-9-18/h2-16H,17H2,1H3/b21-16-. The quantitative estimate of drug-likeness (QED) is 0.461. The molecule has 0 saturated heterocycles. The first-order valence-corrected chi connectivity index (χ1v) is 8.38. The molecule has 3 rings (SSSR count). The van der Waals surface area contributed by atoms with Crippen molar-refractivity contribution in [3.05, 3.63) is 102 Å². The highest BCUT2D eigenvalue weighted by Crippen LogP contribution is 2.20. The fraction of sp³-hybridized carbons (Fsp3) is 0.0870. The second-order valence-corrected chi connectivity index (χ2v) is 5.75. The Balaban J connectivity index is 1.77. The van der Waals surface area contributed by atoms with Gasteiger partial charge in [0.15, 0.2) is 0 Å². The van der Waals surface area contributed by atoms with E-state index in [-0.39, 0.29) is 12.6 Å². The zero-order valence-electron chi connectivity index (χ0n) is 14.6. The summed E-state index contributed by atoms with van der Waals surface area (Å²) in [6.45, 7) is 0.198. The summed E-state index contributed by atoms with van der Waals surface area (Å²) in [5, 5.41) is 0. The van der Waals surface area contributed by atoms with Crippen molar-refractivity contribution in [2.24, 2.45) is 0 Å². The van der Waals surface area contributed by atoms with Crippen LogP contribution in [0.2, 0.25) is 0 Å². The molecule has 130 valence electrons. The minimum Gasteiger partial charge on any atom is -0.497 e. The Morgan fingerprint density at radius 2 is 1.42 bits per heavy atom. The lowest BCUT2D eigenvalue weighted by Gasteiger charge is -2.10. The van der Waals surface area contributed by atoms with E-state index in [1.165, 1.54) is 0 Å². The van der Waals surface area contributed by atoms with E-state index in [1.807, 2.05) is 66.7 Å². The summed E-state index contributed by atoms with van der Waals surface area (Å²) in [7, 11) is 1.59. The van der Waals surface area contributed by atoms with Crippen LogP contribution in [0.1, 0.15) is 21.5 Å². The minimum atomic E-state index is -0.359. The summed E-state index contributed by atoms with van der Waals surface area (Å²) >= 11 is 0. The van der Waals surface area contributed by atoms with Gasteiger partial charge in [-0.15, -0.1) is 0 Å². The number of ether oxygens (including phenoxy) is 2. The molecule has 26 heavy (non-hydrogen) atoms. The zero-order valence-corrected chi connectivity index (χ0v) is 14.6. The topological polar surface area (TPSA) is 35.5 Å². The third-order valence-corrected chi connectivity index (χ3v) is 3.97. The summed E-state index contributed by atoms with van der Waals surface area (Å²) in [6.07, 6.45) is 2.04. The van der Waals surface area contributed by atoms with Crippen LogP contribution in [-0.2, 0) is 4.74 Å². The molecule has 0 spiro atoms. The third-order valence-electron chi connectivity index (χ3n) is 3.97. The Morgan fingerprint density at radius 3 is 2.04 bits per heavy atom. The molecule has 0 aliphatic carbocycles. The van der Waals surface area contributed by atoms with Gasteiger partial charge in [0, 0.05) is 0 Å². The molecular weight excluding hydrogens is 324 g/mol. The number of rotatable bonds is 6. The van der Waals surface area contributed by atoms with Gasteiger partial charge in [0.25, 0.3) is 0 Å². The van der Waals surface area contributed by atoms with Crippen LogP contribution in [0.25, 0.3) is 11.6 Å². The highest BCUT2D eigenvalue weighted by molar-refractivity contribution is 5.91. The Bertz CT molecular complexity index is 866. The van der Waals surface area contributed by atoms with Crippen LogP contribution in [0.3, 0.4) is 0 Å². The SMILES string of the molecule is COc1ccc(C(=O)OC/C(=C/c2ccccc2)c2ccccc2)cc1. The van der Waals surface area contributed by atoms with Crippen molar-refractivity contribution in [2.75, 3.05) is 13.7 Å². The van der Waals surface area contributed by atoms with E-state index >= 15 is 0 Å². The number of methoxy groups -OCH3 is 1. The van der Waals surface area contributed by atoms with Crippen LogP contribution < -0.4 is 4.74 Å². The average molecular weight is 344 g/mol. The van der Waals surface area contributed by atoms with Crippen molar-refractivity contribution in [3.8, 4) is 5.75 Å². The lowest BCUT2D eigenvalue weighted by molar-refractivity contribution is 0.0557. The molecule has 0 fully saturated rings. The molecule has 0 aliphatic rings. The second kappa shape index (κ2) is 8.67. The zero-order chi connectivity index (χ0) is 18.2. The number of hydrogen-bond donors (Lipinski definition) is 0. The maximum Gasteiger partial charge on any atom is 0.338 e. The van der Waals surface area contributed by atoms with E-state index in [0.717, 1.165) is 16.7 Å². The van der Waals surface area contributed by atoms with Crippen molar-refractivity contribution < 1.29 is 14.3 Å². The van der Waals surface area contributed by atoms with Crippen LogP contribution in [0, 0.1) is 0 Å². The summed E-state index contributed by atoms with van der Waals surface area (Å²) < 4.78 is 10.7. The van der Waals surface area contributed by atoms with E-state index in [0.29, 0.717) is 11.3 Å². The normalized spacial score (nSPS) is 11.0. The van der Waals surface area contributed by atoms with E-state index in [2.05, 4.69) is 0 Å². The average Bonchev–Trinajstić information content (AvgIpc) is 2.72. The van der Waals surface area contributed by atoms with Gasteiger partial charge in [0.05, 0.1) is 12.7 Å². The first kappa shape index (κ1) is 17.5. The van der Waals surface area contributed by atoms with E-state index in [4.69, 9.17) is 9.47 Å². The van der Waals surface area contributed by atoms with Gasteiger partial charge in [-0.1, -0.05) is 60.7 Å². The monoisotopic (exact) mass is 344 g/mol. The molecule has 0 radical (unpaired) electrons. The molecule has 0 aromatic heterocycles. The Kier molecular flexibility index (Phi) is 5.84. The Labute approximate surface area is 153 Å². The van der Waals surface area contributed by atoms with Crippen LogP contribution in [0.4, 0.5) is 0 Å². The molecule has 0 amide bonds. The van der Waals surface area contributed by atoms with Crippen LogP contribution in [-0.4, -0.2) is 19.7 Å². The molecule has 0 N–H and O–H groups in total. The molecule has 0 aliphatic heterocycles. The van der Waals surface area contributed by atoms with E-state index in [1.54, 1.807) is 31.4 Å². The number of carbonyl (C=O) groups excluding carboxylic acids is 1. The predicted molar refractivity (Wildman–Crippen MR) is 104 cm³/mol. The fourth-order valence-corrected chi connectivity index (χ4v) is 2.56. The second-order valence-electron chi connectivity index (χ2n) is 5.75. The third kappa shape index (κ3) is 4.61. The van der Waals surface area contributed by atoms with Crippen LogP contribution >= 0.6 is 0 Å². The molecule has 3 heteroatoms. The summed E-state index contributed by atoms with van der Waals surface area (Å²) in [5.74, 6) is 0.345. The van der Waals surface area contributed by atoms with Gasteiger partial charge in [-0.25, -0.2) is 4.79 Å². The van der Waals surface area contributed by atoms with Crippen LogP contribution in [0.5, 0.6) is 5.75 Å². The summed E-state index contributed by atoms with van der Waals surface area (Å²) in [5.41, 5.74) is 3.53. The minimum absolute atomic E-state index is 0.198. The molecular formula is C23H20O3. The van der Waals surface area contributed by atoms with Gasteiger partial charge in [-0.05, 0) is 47.0 Å². The summed E-state index contributed by atoms with van der Waals surface area (Å²) in [6, 6.07) is 26.8. The first-order chi connectivity index (χ1) is 12.8. The largest absolute Gasteiger partial charge is 0.497 e. The number of carbonyl (C=O) groups is 1. The molecule has 3 aromatic carbocycles. The molecule has 0 bridgehead atoms. The predicted octanol–water partition coefficient (Wildman–Crippen LogP) is 5.09. The smallest absolute Gasteiger partial charge is 0.338 e. The number of hydrogen-bond acceptors (Lipinski definition) is 3. The van der Waals surface area contributed by atoms with E-state index < -0.39 is 0 Å². The molecule has 3 aromatic rings. The van der Waals surface area contributed by atoms with Crippen molar-refractivity contribution in [2.45, 2.75) is 0 Å². The molecule has 3 nitrogen and oxygen atoms in total. The van der Waals surface area contributed by atoms with Crippen molar-refractivity contribution in [1.29, 1.82) is 0 Å². The summed E-state index contributed by atoms with van der Waals surface area (Å²) in [4.78, 5) is 12.3. The molecule has 0 atom stereocenters. The number of esters is 1. The van der Waals surface area contributed by atoms with Gasteiger partial charge in [0.1, 0.15) is 12.4 Å². The highest BCUT2D eigenvalue weighted by atomic mass is 16.5. The first-order valence-electron chi connectivity index (χ1n) is 8.38. The molecule has 0 saturated carbocycles. The Morgan fingerprint density at radius 1 is 0.808 bits per heavy atom.